The molecule has 0 radical (unpaired) electrons. The Bertz CT molecular complexity index is 207. The monoisotopic (exact) mass is 191 g/mol. The van der Waals surface area contributed by atoms with Crippen molar-refractivity contribution in [2.24, 2.45) is 0 Å². The van der Waals surface area contributed by atoms with Crippen LogP contribution in [-0.2, 0) is 4.79 Å². The fourth-order valence-electron chi connectivity index (χ4n) is 1.43. The molecular weight excluding hydrogens is 182 g/mol. The lowest BCUT2D eigenvalue weighted by atomic mass is 10.1. The van der Waals surface area contributed by atoms with E-state index >= 15 is 0 Å². The zero-order valence-electron chi connectivity index (χ0n) is 6.34. The van der Waals surface area contributed by atoms with Crippen LogP contribution in [0.4, 0.5) is 0 Å². The summed E-state index contributed by atoms with van der Waals surface area (Å²) in [6.07, 6.45) is 0.720. The lowest BCUT2D eigenvalue weighted by Gasteiger charge is -2.48. The minimum atomic E-state index is -0.197. The first-order chi connectivity index (χ1) is 5.08. The largest absolute Gasteiger partial charge is 0.328 e. The fourth-order valence-corrected chi connectivity index (χ4v) is 3.02. The quantitative estimate of drug-likeness (QED) is 0.425. The van der Waals surface area contributed by atoms with Gasteiger partial charge in [0.2, 0.25) is 5.91 Å². The summed E-state index contributed by atoms with van der Waals surface area (Å²) in [6, 6.07) is 0. The van der Waals surface area contributed by atoms with Gasteiger partial charge in [0, 0.05) is 12.3 Å². The number of carbonyl (C=O) groups is 1. The summed E-state index contributed by atoms with van der Waals surface area (Å²) in [5, 5.41) is 0.439. The Balaban J connectivity index is 2.06. The number of carbonyl (C=O) groups excluding carboxylic acids is 1. The molecule has 0 bridgehead atoms. The van der Waals surface area contributed by atoms with Crippen molar-refractivity contribution in [3.05, 3.63) is 0 Å². The Morgan fingerprint density at radius 2 is 2.55 bits per heavy atom. The van der Waals surface area contributed by atoms with Crippen LogP contribution >= 0.6 is 23.4 Å². The Morgan fingerprint density at radius 1 is 1.82 bits per heavy atom. The predicted octanol–water partition coefficient (Wildman–Crippen LogP) is 1.29. The SMILES string of the molecule is CC1(Cl)CS[C@H]2CC(=O)N2C1. The number of halogens is 1. The van der Waals surface area contributed by atoms with Crippen LogP contribution in [0.25, 0.3) is 0 Å². The smallest absolute Gasteiger partial charge is 0.226 e. The molecule has 2 nitrogen and oxygen atoms in total. The van der Waals surface area contributed by atoms with Gasteiger partial charge in [0.1, 0.15) is 0 Å². The van der Waals surface area contributed by atoms with Gasteiger partial charge < -0.3 is 4.90 Å². The van der Waals surface area contributed by atoms with Crippen LogP contribution in [0.3, 0.4) is 0 Å². The maximum atomic E-state index is 11.0. The standard InChI is InChI=1S/C7H10ClNOS/c1-7(8)3-9-5(10)2-6(9)11-4-7/h6H,2-4H2,1H3/t6-,7?/m0/s1. The van der Waals surface area contributed by atoms with E-state index in [-0.39, 0.29) is 10.8 Å². The van der Waals surface area contributed by atoms with Gasteiger partial charge in [-0.05, 0) is 6.92 Å². The highest BCUT2D eigenvalue weighted by molar-refractivity contribution is 8.00. The normalized spacial score (nSPS) is 43.3. The summed E-state index contributed by atoms with van der Waals surface area (Å²) in [6.45, 7) is 2.72. The molecule has 0 spiro atoms. The topological polar surface area (TPSA) is 20.3 Å². The highest BCUT2D eigenvalue weighted by Gasteiger charge is 2.44. The van der Waals surface area contributed by atoms with E-state index in [2.05, 4.69) is 0 Å². The van der Waals surface area contributed by atoms with Gasteiger partial charge in [0.25, 0.3) is 0 Å². The average molecular weight is 192 g/mol. The Labute approximate surface area is 75.3 Å². The molecular formula is C7H10ClNOS. The average Bonchev–Trinajstić information content (AvgIpc) is 1.92. The van der Waals surface area contributed by atoms with Gasteiger partial charge in [-0.1, -0.05) is 0 Å². The number of β-lactam (4-membered cyclic amide) rings is 1. The maximum absolute atomic E-state index is 11.0. The van der Waals surface area contributed by atoms with E-state index in [1.165, 1.54) is 0 Å². The maximum Gasteiger partial charge on any atom is 0.226 e. The molecule has 2 rings (SSSR count). The second-order valence-electron chi connectivity index (χ2n) is 3.40. The Morgan fingerprint density at radius 3 is 3.09 bits per heavy atom. The van der Waals surface area contributed by atoms with Gasteiger partial charge in [-0.15, -0.1) is 23.4 Å². The van der Waals surface area contributed by atoms with Gasteiger partial charge in [0.15, 0.2) is 0 Å². The number of thioether (sulfide) groups is 1. The molecule has 2 fully saturated rings. The number of rotatable bonds is 0. The number of fused-ring (bicyclic) bond motifs is 1. The van der Waals surface area contributed by atoms with Gasteiger partial charge in [-0.2, -0.15) is 0 Å². The summed E-state index contributed by atoms with van der Waals surface area (Å²) < 4.78 is 0. The van der Waals surface area contributed by atoms with Crippen molar-refractivity contribution in [3.8, 4) is 0 Å². The van der Waals surface area contributed by atoms with E-state index in [0.717, 1.165) is 18.7 Å². The van der Waals surface area contributed by atoms with Crippen LogP contribution in [0.5, 0.6) is 0 Å². The first-order valence-corrected chi connectivity index (χ1v) is 5.11. The molecule has 11 heavy (non-hydrogen) atoms. The summed E-state index contributed by atoms with van der Waals surface area (Å²) in [5.74, 6) is 1.22. The van der Waals surface area contributed by atoms with E-state index in [4.69, 9.17) is 11.6 Å². The minimum absolute atomic E-state index is 0.197. The zero-order chi connectivity index (χ0) is 8.06. The molecule has 0 aliphatic carbocycles. The first-order valence-electron chi connectivity index (χ1n) is 3.68. The van der Waals surface area contributed by atoms with Gasteiger partial charge in [-0.3, -0.25) is 4.79 Å². The summed E-state index contributed by atoms with van der Waals surface area (Å²) >= 11 is 7.91. The number of hydrogen-bond donors (Lipinski definition) is 0. The highest BCUT2D eigenvalue weighted by Crippen LogP contribution is 2.39. The van der Waals surface area contributed by atoms with E-state index in [1.54, 1.807) is 11.8 Å². The Hall–Kier alpha value is 0.110. The van der Waals surface area contributed by atoms with Gasteiger partial charge in [0.05, 0.1) is 16.7 Å². The molecule has 4 heteroatoms. The zero-order valence-corrected chi connectivity index (χ0v) is 7.91. The van der Waals surface area contributed by atoms with Crippen LogP contribution in [0.2, 0.25) is 0 Å². The molecule has 2 atom stereocenters. The number of nitrogens with zero attached hydrogens (tertiary/aromatic N) is 1. The number of alkyl halides is 1. The van der Waals surface area contributed by atoms with E-state index < -0.39 is 0 Å². The first kappa shape index (κ1) is 7.74. The molecule has 0 aromatic carbocycles. The molecule has 2 heterocycles. The van der Waals surface area contributed by atoms with Crippen molar-refractivity contribution in [2.45, 2.75) is 23.6 Å². The lowest BCUT2D eigenvalue weighted by molar-refractivity contribution is -0.142. The molecule has 2 aliphatic heterocycles. The van der Waals surface area contributed by atoms with Gasteiger partial charge in [-0.25, -0.2) is 0 Å². The Kier molecular flexibility index (Phi) is 1.62. The second kappa shape index (κ2) is 2.30. The minimum Gasteiger partial charge on any atom is -0.328 e. The van der Waals surface area contributed by atoms with Gasteiger partial charge >= 0.3 is 0 Å². The van der Waals surface area contributed by atoms with E-state index in [9.17, 15) is 4.79 Å². The molecule has 1 amide bonds. The molecule has 0 saturated carbocycles. The molecule has 1 unspecified atom stereocenters. The van der Waals surface area contributed by atoms with Crippen molar-refractivity contribution in [1.82, 2.24) is 4.90 Å². The molecule has 0 aromatic rings. The fraction of sp³-hybridized carbons (Fsp3) is 0.857. The van der Waals surface area contributed by atoms with Crippen molar-refractivity contribution >= 4 is 29.3 Å². The third-order valence-corrected chi connectivity index (χ3v) is 4.12. The third kappa shape index (κ3) is 1.25. The molecule has 2 aliphatic rings. The second-order valence-corrected chi connectivity index (χ2v) is 5.48. The van der Waals surface area contributed by atoms with Crippen LogP contribution in [0, 0.1) is 0 Å². The van der Waals surface area contributed by atoms with Crippen molar-refractivity contribution in [1.29, 1.82) is 0 Å². The van der Waals surface area contributed by atoms with Crippen molar-refractivity contribution in [3.63, 3.8) is 0 Å². The molecule has 0 aromatic heterocycles. The summed E-state index contributed by atoms with van der Waals surface area (Å²) in [7, 11) is 0. The highest BCUT2D eigenvalue weighted by atomic mass is 35.5. The van der Waals surface area contributed by atoms with Crippen LogP contribution in [0.1, 0.15) is 13.3 Å². The number of hydrogen-bond acceptors (Lipinski definition) is 2. The van der Waals surface area contributed by atoms with E-state index in [1.807, 2.05) is 11.8 Å². The molecule has 2 saturated heterocycles. The van der Waals surface area contributed by atoms with E-state index in [0.29, 0.717) is 5.37 Å². The number of amides is 1. The summed E-state index contributed by atoms with van der Waals surface area (Å²) in [4.78, 5) is 12.7. The third-order valence-electron chi connectivity index (χ3n) is 2.09. The van der Waals surface area contributed by atoms with Crippen molar-refractivity contribution in [2.75, 3.05) is 12.3 Å². The molecule has 62 valence electrons. The van der Waals surface area contributed by atoms with Crippen LogP contribution in [-0.4, -0.2) is 33.4 Å². The van der Waals surface area contributed by atoms with Crippen LogP contribution in [0.15, 0.2) is 0 Å². The predicted molar refractivity (Wildman–Crippen MR) is 46.8 cm³/mol. The van der Waals surface area contributed by atoms with Crippen molar-refractivity contribution < 1.29 is 4.79 Å². The summed E-state index contributed by atoms with van der Waals surface area (Å²) in [5.41, 5.74) is 0. The molecule has 0 N–H and O–H groups in total. The van der Waals surface area contributed by atoms with Crippen LogP contribution < -0.4 is 0 Å². The lowest BCUT2D eigenvalue weighted by Crippen LogP contribution is -2.59.